The minimum absolute atomic E-state index is 0.00469. The van der Waals surface area contributed by atoms with E-state index in [1.54, 1.807) is 11.0 Å². The fourth-order valence-electron chi connectivity index (χ4n) is 4.01. The number of likely N-dealkylation sites (tertiary alicyclic amines) is 1. The topological polar surface area (TPSA) is 98.8 Å². The summed E-state index contributed by atoms with van der Waals surface area (Å²) in [5.41, 5.74) is 1.65. The lowest BCUT2D eigenvalue weighted by Crippen LogP contribution is -2.41. The summed E-state index contributed by atoms with van der Waals surface area (Å²) in [6, 6.07) is 6.92. The standard InChI is InChI=1S/C22H24ClFN4O4S/c1-14(21(29)25-19-6-4-16(24)13-18(19)23)26-33(31,32)17-5-7-20-15(12-17)8-11-28(20)22(30)27-9-2-3-10-27/h4-7,12-14,26H,2-3,8-11H2,1H3,(H,25,29)/t14-/m0/s1. The SMILES string of the molecule is C[C@H](NS(=O)(=O)c1ccc2c(c1)CCN2C(=O)N1CCCC1)C(=O)Nc1ccc(F)cc1Cl. The molecule has 1 fully saturated rings. The second kappa shape index (κ2) is 9.28. The predicted molar refractivity (Wildman–Crippen MR) is 124 cm³/mol. The van der Waals surface area contributed by atoms with Crippen LogP contribution in [0, 0.1) is 5.82 Å². The Morgan fingerprint density at radius 1 is 1.09 bits per heavy atom. The summed E-state index contributed by atoms with van der Waals surface area (Å²) >= 11 is 5.91. The van der Waals surface area contributed by atoms with Crippen molar-refractivity contribution in [2.45, 2.75) is 37.1 Å². The molecule has 176 valence electrons. The van der Waals surface area contributed by atoms with Crippen molar-refractivity contribution in [3.8, 4) is 0 Å². The number of hydrogen-bond donors (Lipinski definition) is 2. The van der Waals surface area contributed by atoms with E-state index in [-0.39, 0.29) is 21.6 Å². The van der Waals surface area contributed by atoms with Gasteiger partial charge >= 0.3 is 6.03 Å². The largest absolute Gasteiger partial charge is 0.324 e. The zero-order chi connectivity index (χ0) is 23.8. The first-order valence-electron chi connectivity index (χ1n) is 10.6. The normalized spacial score (nSPS) is 16.6. The third kappa shape index (κ3) is 4.97. The smallest absolute Gasteiger partial charge is 0.324 e. The van der Waals surface area contributed by atoms with Crippen molar-refractivity contribution >= 4 is 44.9 Å². The maximum atomic E-state index is 13.2. The first-order valence-corrected chi connectivity index (χ1v) is 12.5. The van der Waals surface area contributed by atoms with Crippen molar-refractivity contribution in [3.63, 3.8) is 0 Å². The van der Waals surface area contributed by atoms with Gasteiger partial charge in [0.2, 0.25) is 15.9 Å². The van der Waals surface area contributed by atoms with E-state index in [4.69, 9.17) is 11.6 Å². The Morgan fingerprint density at radius 3 is 2.52 bits per heavy atom. The molecule has 2 aliphatic heterocycles. The second-order valence-corrected chi connectivity index (χ2v) is 10.2. The number of anilines is 2. The average molecular weight is 495 g/mol. The highest BCUT2D eigenvalue weighted by molar-refractivity contribution is 7.89. The minimum atomic E-state index is -4.01. The fourth-order valence-corrected chi connectivity index (χ4v) is 5.48. The zero-order valence-electron chi connectivity index (χ0n) is 18.0. The molecular formula is C22H24ClFN4O4S. The molecule has 0 spiro atoms. The lowest BCUT2D eigenvalue weighted by Gasteiger charge is -2.24. The molecule has 4 rings (SSSR count). The Balaban J connectivity index is 1.45. The molecular weight excluding hydrogens is 471 g/mol. The molecule has 11 heteroatoms. The van der Waals surface area contributed by atoms with Gasteiger partial charge in [-0.05, 0) is 68.1 Å². The van der Waals surface area contributed by atoms with Gasteiger partial charge in [-0.2, -0.15) is 4.72 Å². The molecule has 1 atom stereocenters. The van der Waals surface area contributed by atoms with Crippen molar-refractivity contribution in [2.75, 3.05) is 29.9 Å². The van der Waals surface area contributed by atoms with Crippen LogP contribution in [0.3, 0.4) is 0 Å². The minimum Gasteiger partial charge on any atom is -0.324 e. The van der Waals surface area contributed by atoms with Crippen molar-refractivity contribution in [3.05, 3.63) is 52.8 Å². The molecule has 0 saturated carbocycles. The van der Waals surface area contributed by atoms with Crippen LogP contribution in [0.15, 0.2) is 41.3 Å². The molecule has 8 nitrogen and oxygen atoms in total. The Hall–Kier alpha value is -2.69. The van der Waals surface area contributed by atoms with Crippen LogP contribution in [0.2, 0.25) is 5.02 Å². The molecule has 0 aliphatic carbocycles. The Labute approximate surface area is 196 Å². The third-order valence-electron chi connectivity index (χ3n) is 5.78. The number of nitrogens with zero attached hydrogens (tertiary/aromatic N) is 2. The molecule has 1 saturated heterocycles. The summed E-state index contributed by atoms with van der Waals surface area (Å²) in [6.07, 6.45) is 2.54. The van der Waals surface area contributed by atoms with E-state index < -0.39 is 27.8 Å². The van der Waals surface area contributed by atoms with Crippen LogP contribution in [-0.2, 0) is 21.2 Å². The molecule has 0 radical (unpaired) electrons. The van der Waals surface area contributed by atoms with E-state index >= 15 is 0 Å². The summed E-state index contributed by atoms with van der Waals surface area (Å²) < 4.78 is 41.3. The van der Waals surface area contributed by atoms with Crippen LogP contribution in [-0.4, -0.2) is 50.9 Å². The van der Waals surface area contributed by atoms with Crippen molar-refractivity contribution in [2.24, 2.45) is 0 Å². The van der Waals surface area contributed by atoms with E-state index in [1.807, 2.05) is 4.90 Å². The zero-order valence-corrected chi connectivity index (χ0v) is 19.5. The van der Waals surface area contributed by atoms with Crippen molar-refractivity contribution in [1.82, 2.24) is 9.62 Å². The molecule has 2 heterocycles. The number of carbonyl (C=O) groups is 2. The van der Waals surface area contributed by atoms with E-state index in [9.17, 15) is 22.4 Å². The van der Waals surface area contributed by atoms with E-state index in [1.165, 1.54) is 25.1 Å². The molecule has 0 aromatic heterocycles. The van der Waals surface area contributed by atoms with Gasteiger partial charge in [-0.25, -0.2) is 17.6 Å². The summed E-state index contributed by atoms with van der Waals surface area (Å²) in [7, 11) is -4.01. The van der Waals surface area contributed by atoms with Gasteiger partial charge in [0.15, 0.2) is 0 Å². The Kier molecular flexibility index (Phi) is 6.60. The molecule has 3 amide bonds. The summed E-state index contributed by atoms with van der Waals surface area (Å²) in [6.45, 7) is 3.38. The van der Waals surface area contributed by atoms with Gasteiger partial charge in [0, 0.05) is 25.3 Å². The summed E-state index contributed by atoms with van der Waals surface area (Å²) in [5, 5.41) is 2.49. The quantitative estimate of drug-likeness (QED) is 0.665. The van der Waals surface area contributed by atoms with Gasteiger partial charge in [0.05, 0.1) is 21.6 Å². The highest BCUT2D eigenvalue weighted by Crippen LogP contribution is 2.31. The molecule has 0 unspecified atom stereocenters. The van der Waals surface area contributed by atoms with Crippen LogP contribution in [0.4, 0.5) is 20.6 Å². The highest BCUT2D eigenvalue weighted by atomic mass is 35.5. The average Bonchev–Trinajstić information content (AvgIpc) is 3.44. The van der Waals surface area contributed by atoms with E-state index in [0.29, 0.717) is 18.7 Å². The lowest BCUT2D eigenvalue weighted by molar-refractivity contribution is -0.117. The lowest BCUT2D eigenvalue weighted by atomic mass is 10.2. The number of nitrogens with one attached hydrogen (secondary N) is 2. The molecule has 2 aliphatic rings. The summed E-state index contributed by atoms with van der Waals surface area (Å²) in [5.74, 6) is -1.19. The number of carbonyl (C=O) groups excluding carboxylic acids is 2. The first kappa shape index (κ1) is 23.5. The van der Waals surface area contributed by atoms with E-state index in [0.717, 1.165) is 43.6 Å². The van der Waals surface area contributed by atoms with Crippen LogP contribution in [0.1, 0.15) is 25.3 Å². The molecule has 33 heavy (non-hydrogen) atoms. The number of urea groups is 1. The van der Waals surface area contributed by atoms with Gasteiger partial charge < -0.3 is 10.2 Å². The van der Waals surface area contributed by atoms with Crippen LogP contribution in [0.5, 0.6) is 0 Å². The van der Waals surface area contributed by atoms with Crippen LogP contribution < -0.4 is 14.9 Å². The number of benzene rings is 2. The van der Waals surface area contributed by atoms with Gasteiger partial charge in [0.25, 0.3) is 0 Å². The number of hydrogen-bond acceptors (Lipinski definition) is 4. The Bertz CT molecular complexity index is 1200. The van der Waals surface area contributed by atoms with Gasteiger partial charge in [-0.15, -0.1) is 0 Å². The van der Waals surface area contributed by atoms with Crippen molar-refractivity contribution in [1.29, 1.82) is 0 Å². The van der Waals surface area contributed by atoms with Crippen LogP contribution >= 0.6 is 11.6 Å². The molecule has 2 aromatic rings. The Morgan fingerprint density at radius 2 is 1.82 bits per heavy atom. The maximum absolute atomic E-state index is 13.2. The second-order valence-electron chi connectivity index (χ2n) is 8.13. The molecule has 0 bridgehead atoms. The highest BCUT2D eigenvalue weighted by Gasteiger charge is 2.31. The third-order valence-corrected chi connectivity index (χ3v) is 7.63. The number of fused-ring (bicyclic) bond motifs is 1. The van der Waals surface area contributed by atoms with Crippen LogP contribution in [0.25, 0.3) is 0 Å². The number of halogens is 2. The monoisotopic (exact) mass is 494 g/mol. The number of sulfonamides is 1. The van der Waals surface area contributed by atoms with Gasteiger partial charge in [0.1, 0.15) is 5.82 Å². The number of amides is 3. The maximum Gasteiger partial charge on any atom is 0.324 e. The first-order chi connectivity index (χ1) is 15.7. The van der Waals surface area contributed by atoms with Gasteiger partial charge in [-0.3, -0.25) is 9.69 Å². The predicted octanol–water partition coefficient (Wildman–Crippen LogP) is 3.36. The van der Waals surface area contributed by atoms with E-state index in [2.05, 4.69) is 10.0 Å². The molecule has 2 N–H and O–H groups in total. The molecule has 2 aromatic carbocycles. The summed E-state index contributed by atoms with van der Waals surface area (Å²) in [4.78, 5) is 28.7. The number of rotatable bonds is 5. The van der Waals surface area contributed by atoms with Crippen molar-refractivity contribution < 1.29 is 22.4 Å². The van der Waals surface area contributed by atoms with Gasteiger partial charge in [-0.1, -0.05) is 11.6 Å². The fraction of sp³-hybridized carbons (Fsp3) is 0.364.